The Morgan fingerprint density at radius 2 is 2.04 bits per heavy atom. The van der Waals surface area contributed by atoms with Crippen LogP contribution in [-0.2, 0) is 14.8 Å². The Kier molecular flexibility index (Phi) is 5.52. The molecule has 2 heterocycles. The van der Waals surface area contributed by atoms with Gasteiger partial charge in [-0.15, -0.1) is 0 Å². The first-order chi connectivity index (χ1) is 10.8. The van der Waals surface area contributed by atoms with Crippen LogP contribution in [0.2, 0.25) is 0 Å². The molecular formula is C16H26N2O4S. The molecule has 1 fully saturated rings. The average Bonchev–Trinajstić information content (AvgIpc) is 2.83. The molecule has 1 aromatic rings. The highest BCUT2D eigenvalue weighted by atomic mass is 32.2. The van der Waals surface area contributed by atoms with E-state index in [-0.39, 0.29) is 17.2 Å². The predicted octanol–water partition coefficient (Wildman–Crippen LogP) is 2.62. The molecule has 0 amide bonds. The van der Waals surface area contributed by atoms with E-state index in [1.807, 2.05) is 0 Å². The van der Waals surface area contributed by atoms with Crippen molar-refractivity contribution < 1.29 is 17.9 Å². The van der Waals surface area contributed by atoms with Gasteiger partial charge in [-0.3, -0.25) is 0 Å². The summed E-state index contributed by atoms with van der Waals surface area (Å²) in [4.78, 5) is 15.1. The average molecular weight is 342 g/mol. The molecule has 1 atom stereocenters. The molecule has 1 aliphatic rings. The molecule has 130 valence electrons. The summed E-state index contributed by atoms with van der Waals surface area (Å²) < 4.78 is 32.6. The number of carbonyl (C=O) groups excluding carboxylic acids is 1. The molecule has 2 rings (SSSR count). The molecule has 1 N–H and O–H groups in total. The van der Waals surface area contributed by atoms with E-state index < -0.39 is 16.0 Å². The molecule has 1 aliphatic heterocycles. The summed E-state index contributed by atoms with van der Waals surface area (Å²) in [7, 11) is -3.60. The molecule has 0 saturated carbocycles. The van der Waals surface area contributed by atoms with Crippen molar-refractivity contribution in [2.45, 2.75) is 51.9 Å². The first kappa shape index (κ1) is 18.0. The van der Waals surface area contributed by atoms with Gasteiger partial charge in [-0.05, 0) is 39.5 Å². The van der Waals surface area contributed by atoms with E-state index in [2.05, 4.69) is 11.9 Å². The molecule has 6 nitrogen and oxygen atoms in total. The van der Waals surface area contributed by atoms with Gasteiger partial charge in [-0.2, -0.15) is 4.31 Å². The highest BCUT2D eigenvalue weighted by Gasteiger charge is 2.34. The van der Waals surface area contributed by atoms with Gasteiger partial charge in [-0.1, -0.05) is 13.3 Å². The zero-order chi connectivity index (χ0) is 17.2. The predicted molar refractivity (Wildman–Crippen MR) is 88.0 cm³/mol. The maximum absolute atomic E-state index is 13.0. The summed E-state index contributed by atoms with van der Waals surface area (Å²) in [6, 6.07) is 0. The lowest BCUT2D eigenvalue weighted by atomic mass is 9.97. The van der Waals surface area contributed by atoms with Crippen LogP contribution in [0.25, 0.3) is 0 Å². The SMILES string of the molecule is CCOC(=O)c1[nH]c(C)c(S(=O)(=O)N2CCC[C@H](CC)C2)c1C. The number of nitrogens with zero attached hydrogens (tertiary/aromatic N) is 1. The van der Waals surface area contributed by atoms with Gasteiger partial charge >= 0.3 is 5.97 Å². The molecule has 7 heteroatoms. The van der Waals surface area contributed by atoms with Crippen LogP contribution < -0.4 is 0 Å². The molecular weight excluding hydrogens is 316 g/mol. The maximum atomic E-state index is 13.0. The van der Waals surface area contributed by atoms with Crippen LogP contribution in [0.15, 0.2) is 4.90 Å². The number of sulfonamides is 1. The number of aromatic amines is 1. The first-order valence-electron chi connectivity index (χ1n) is 8.19. The standard InChI is InChI=1S/C16H26N2O4S/c1-5-13-8-7-9-18(10-13)23(20,21)15-11(3)14(17-12(15)4)16(19)22-6-2/h13,17H,5-10H2,1-4H3/t13-/m0/s1. The lowest BCUT2D eigenvalue weighted by molar-refractivity contribution is 0.0519. The Labute approximate surface area is 138 Å². The topological polar surface area (TPSA) is 79.5 Å². The fraction of sp³-hybridized carbons (Fsp3) is 0.688. The Hall–Kier alpha value is -1.34. The number of aryl methyl sites for hydroxylation is 1. The van der Waals surface area contributed by atoms with Crippen LogP contribution in [0.1, 0.15) is 54.9 Å². The minimum atomic E-state index is -3.60. The number of carbonyl (C=O) groups is 1. The van der Waals surface area contributed by atoms with Crippen molar-refractivity contribution in [3.8, 4) is 0 Å². The zero-order valence-corrected chi connectivity index (χ0v) is 15.1. The van der Waals surface area contributed by atoms with Crippen LogP contribution >= 0.6 is 0 Å². The normalized spacial score (nSPS) is 19.7. The van der Waals surface area contributed by atoms with Gasteiger partial charge in [0, 0.05) is 24.3 Å². The second kappa shape index (κ2) is 7.05. The third-order valence-electron chi connectivity index (χ3n) is 4.51. The molecule has 1 aromatic heterocycles. The number of aromatic nitrogens is 1. The lowest BCUT2D eigenvalue weighted by Gasteiger charge is -2.31. The molecule has 23 heavy (non-hydrogen) atoms. The van der Waals surface area contributed by atoms with E-state index in [9.17, 15) is 13.2 Å². The fourth-order valence-corrected chi connectivity index (χ4v) is 5.20. The van der Waals surface area contributed by atoms with Crippen molar-refractivity contribution in [3.05, 3.63) is 17.0 Å². The van der Waals surface area contributed by atoms with Crippen molar-refractivity contribution in [2.24, 2.45) is 5.92 Å². The summed E-state index contributed by atoms with van der Waals surface area (Å²) in [6.45, 7) is 8.50. The van der Waals surface area contributed by atoms with Crippen LogP contribution in [0.5, 0.6) is 0 Å². The van der Waals surface area contributed by atoms with Crippen molar-refractivity contribution in [3.63, 3.8) is 0 Å². The van der Waals surface area contributed by atoms with E-state index in [0.29, 0.717) is 30.3 Å². The molecule has 0 aliphatic carbocycles. The molecule has 1 saturated heterocycles. The second-order valence-electron chi connectivity index (χ2n) is 6.08. The zero-order valence-electron chi connectivity index (χ0n) is 14.3. The monoisotopic (exact) mass is 342 g/mol. The lowest BCUT2D eigenvalue weighted by Crippen LogP contribution is -2.40. The van der Waals surface area contributed by atoms with Crippen LogP contribution in [0.3, 0.4) is 0 Å². The fourth-order valence-electron chi connectivity index (χ4n) is 3.23. The number of nitrogens with one attached hydrogen (secondary N) is 1. The smallest absolute Gasteiger partial charge is 0.355 e. The number of hydrogen-bond donors (Lipinski definition) is 1. The molecule has 0 bridgehead atoms. The molecule has 0 radical (unpaired) electrons. The van der Waals surface area contributed by atoms with Crippen molar-refractivity contribution >= 4 is 16.0 Å². The van der Waals surface area contributed by atoms with Crippen LogP contribution in [0, 0.1) is 19.8 Å². The molecule has 0 unspecified atom stereocenters. The minimum Gasteiger partial charge on any atom is -0.461 e. The Morgan fingerprint density at radius 1 is 1.35 bits per heavy atom. The summed E-state index contributed by atoms with van der Waals surface area (Å²) in [5.41, 5.74) is 1.16. The van der Waals surface area contributed by atoms with Crippen LogP contribution in [-0.4, -0.2) is 43.4 Å². The number of esters is 1. The molecule has 0 aromatic carbocycles. The second-order valence-corrected chi connectivity index (χ2v) is 7.95. The summed E-state index contributed by atoms with van der Waals surface area (Å²) >= 11 is 0. The number of piperidine rings is 1. The molecule has 0 spiro atoms. The van der Waals surface area contributed by atoms with Gasteiger partial charge in [0.05, 0.1) is 6.61 Å². The van der Waals surface area contributed by atoms with E-state index >= 15 is 0 Å². The first-order valence-corrected chi connectivity index (χ1v) is 9.63. The number of rotatable bonds is 5. The van der Waals surface area contributed by atoms with E-state index in [0.717, 1.165) is 19.3 Å². The summed E-state index contributed by atoms with van der Waals surface area (Å²) in [5.74, 6) is -0.109. The summed E-state index contributed by atoms with van der Waals surface area (Å²) in [6.07, 6.45) is 2.93. The van der Waals surface area contributed by atoms with Crippen LogP contribution in [0.4, 0.5) is 0 Å². The largest absolute Gasteiger partial charge is 0.461 e. The van der Waals surface area contributed by atoms with Gasteiger partial charge in [-0.25, -0.2) is 13.2 Å². The van der Waals surface area contributed by atoms with E-state index in [1.165, 1.54) is 0 Å². The minimum absolute atomic E-state index is 0.220. The van der Waals surface area contributed by atoms with Gasteiger partial charge < -0.3 is 9.72 Å². The Balaban J connectivity index is 2.38. The number of H-pyrrole nitrogens is 1. The van der Waals surface area contributed by atoms with Gasteiger partial charge in [0.15, 0.2) is 0 Å². The third kappa shape index (κ3) is 3.45. The number of hydrogen-bond acceptors (Lipinski definition) is 4. The van der Waals surface area contributed by atoms with Gasteiger partial charge in [0.25, 0.3) is 0 Å². The van der Waals surface area contributed by atoms with Crippen molar-refractivity contribution in [1.29, 1.82) is 0 Å². The van der Waals surface area contributed by atoms with Gasteiger partial charge in [0.2, 0.25) is 10.0 Å². The maximum Gasteiger partial charge on any atom is 0.355 e. The van der Waals surface area contributed by atoms with E-state index in [1.54, 1.807) is 25.1 Å². The Morgan fingerprint density at radius 3 is 2.65 bits per heavy atom. The van der Waals surface area contributed by atoms with Gasteiger partial charge in [0.1, 0.15) is 10.6 Å². The quantitative estimate of drug-likeness (QED) is 0.834. The third-order valence-corrected chi connectivity index (χ3v) is 6.64. The van der Waals surface area contributed by atoms with Crippen molar-refractivity contribution in [1.82, 2.24) is 9.29 Å². The van der Waals surface area contributed by atoms with E-state index in [4.69, 9.17) is 4.74 Å². The Bertz CT molecular complexity index is 678. The van der Waals surface area contributed by atoms with Crippen molar-refractivity contribution in [2.75, 3.05) is 19.7 Å². The highest BCUT2D eigenvalue weighted by molar-refractivity contribution is 7.89. The summed E-state index contributed by atoms with van der Waals surface area (Å²) in [5, 5.41) is 0. The number of ether oxygens (including phenoxy) is 1. The highest BCUT2D eigenvalue weighted by Crippen LogP contribution is 2.30.